The zero-order chi connectivity index (χ0) is 13.0. The van der Waals surface area contributed by atoms with Gasteiger partial charge in [0.05, 0.1) is 0 Å². The van der Waals surface area contributed by atoms with Crippen molar-refractivity contribution in [2.45, 2.75) is 56.9 Å². The quantitative estimate of drug-likeness (QED) is 0.815. The van der Waals surface area contributed by atoms with Gasteiger partial charge >= 0.3 is 0 Å². The average molecular weight is 260 g/mol. The fourth-order valence-corrected chi connectivity index (χ4v) is 2.77. The molecule has 18 heavy (non-hydrogen) atoms. The minimum atomic E-state index is -2.55. The first-order valence-corrected chi connectivity index (χ1v) is 6.96. The third-order valence-electron chi connectivity index (χ3n) is 4.02. The van der Waals surface area contributed by atoms with E-state index in [-0.39, 0.29) is 24.7 Å². The second-order valence-electron chi connectivity index (χ2n) is 5.52. The molecule has 2 fully saturated rings. The van der Waals surface area contributed by atoms with Crippen LogP contribution in [0.2, 0.25) is 0 Å². The fraction of sp³-hybridized carbons (Fsp3) is 0.923. The van der Waals surface area contributed by atoms with Gasteiger partial charge in [-0.2, -0.15) is 0 Å². The number of halogens is 2. The van der Waals surface area contributed by atoms with Crippen LogP contribution in [0, 0.1) is 5.92 Å². The molecule has 0 aromatic rings. The molecule has 2 aliphatic rings. The summed E-state index contributed by atoms with van der Waals surface area (Å²) in [5.41, 5.74) is 0. The fourth-order valence-electron chi connectivity index (χ4n) is 2.77. The molecule has 5 heteroatoms. The molecule has 0 spiro atoms. The Bertz CT molecular complexity index is 281. The number of piperidine rings is 1. The second-order valence-corrected chi connectivity index (χ2v) is 5.52. The van der Waals surface area contributed by atoms with Gasteiger partial charge < -0.3 is 10.6 Å². The molecule has 2 N–H and O–H groups in total. The van der Waals surface area contributed by atoms with Gasteiger partial charge in [-0.1, -0.05) is 6.42 Å². The van der Waals surface area contributed by atoms with Crippen LogP contribution in [0.1, 0.15) is 44.9 Å². The summed E-state index contributed by atoms with van der Waals surface area (Å²) in [6.07, 6.45) is 3.82. The smallest absolute Gasteiger partial charge is 0.248 e. The Balaban J connectivity index is 1.68. The van der Waals surface area contributed by atoms with Crippen LogP contribution in [0.3, 0.4) is 0 Å². The lowest BCUT2D eigenvalue weighted by Crippen LogP contribution is -2.45. The lowest BCUT2D eigenvalue weighted by molar-refractivity contribution is -0.129. The minimum Gasteiger partial charge on any atom is -0.354 e. The number of carbonyl (C=O) groups is 1. The minimum absolute atomic E-state index is 0.0436. The Kier molecular flexibility index (Phi) is 4.54. The molecule has 0 aromatic carbocycles. The van der Waals surface area contributed by atoms with Crippen LogP contribution in [-0.4, -0.2) is 31.0 Å². The Morgan fingerprint density at radius 2 is 1.94 bits per heavy atom. The highest BCUT2D eigenvalue weighted by Crippen LogP contribution is 2.36. The standard InChI is InChI=1S/C13H22F2N2O/c14-13(15)6-4-10(5-7-13)12(18)17-9-11-3-1-2-8-16-11/h10-11,16H,1-9H2,(H,17,18). The Labute approximate surface area is 107 Å². The van der Waals surface area contributed by atoms with Crippen molar-refractivity contribution in [3.05, 3.63) is 0 Å². The highest BCUT2D eigenvalue weighted by Gasteiger charge is 2.37. The molecule has 0 radical (unpaired) electrons. The first kappa shape index (κ1) is 13.7. The van der Waals surface area contributed by atoms with Gasteiger partial charge in [-0.3, -0.25) is 4.79 Å². The van der Waals surface area contributed by atoms with Gasteiger partial charge in [0.15, 0.2) is 0 Å². The van der Waals surface area contributed by atoms with Crippen LogP contribution in [0.15, 0.2) is 0 Å². The molecule has 0 aromatic heterocycles. The van der Waals surface area contributed by atoms with Crippen molar-refractivity contribution in [1.82, 2.24) is 10.6 Å². The van der Waals surface area contributed by atoms with Crippen molar-refractivity contribution in [3.63, 3.8) is 0 Å². The number of hydrogen-bond acceptors (Lipinski definition) is 2. The first-order valence-electron chi connectivity index (χ1n) is 6.96. The number of hydrogen-bond donors (Lipinski definition) is 2. The number of amides is 1. The topological polar surface area (TPSA) is 41.1 Å². The van der Waals surface area contributed by atoms with Crippen LogP contribution in [0.5, 0.6) is 0 Å². The van der Waals surface area contributed by atoms with Crippen LogP contribution in [-0.2, 0) is 4.79 Å². The third-order valence-corrected chi connectivity index (χ3v) is 4.02. The molecule has 2 rings (SSSR count). The highest BCUT2D eigenvalue weighted by molar-refractivity contribution is 5.78. The molecule has 1 aliphatic heterocycles. The monoisotopic (exact) mass is 260 g/mol. The maximum atomic E-state index is 13.0. The van der Waals surface area contributed by atoms with Crippen LogP contribution >= 0.6 is 0 Å². The van der Waals surface area contributed by atoms with Gasteiger partial charge in [-0.25, -0.2) is 8.78 Å². The van der Waals surface area contributed by atoms with E-state index in [1.807, 2.05) is 0 Å². The summed E-state index contributed by atoms with van der Waals surface area (Å²) in [5.74, 6) is -2.81. The van der Waals surface area contributed by atoms with Crippen molar-refractivity contribution >= 4 is 5.91 Å². The number of alkyl halides is 2. The summed E-state index contributed by atoms with van der Waals surface area (Å²) in [7, 11) is 0. The molecule has 0 bridgehead atoms. The van der Waals surface area contributed by atoms with E-state index in [0.29, 0.717) is 25.4 Å². The predicted molar refractivity (Wildman–Crippen MR) is 65.6 cm³/mol. The van der Waals surface area contributed by atoms with Crippen LogP contribution < -0.4 is 10.6 Å². The van der Waals surface area contributed by atoms with Gasteiger partial charge in [-0.15, -0.1) is 0 Å². The van der Waals surface area contributed by atoms with Crippen molar-refractivity contribution in [2.24, 2.45) is 5.92 Å². The Morgan fingerprint density at radius 1 is 1.22 bits per heavy atom. The van der Waals surface area contributed by atoms with Gasteiger partial charge in [0.2, 0.25) is 11.8 Å². The molecule has 1 unspecified atom stereocenters. The molecule has 1 saturated carbocycles. The van der Waals surface area contributed by atoms with Gasteiger partial charge in [0.25, 0.3) is 0 Å². The molecule has 104 valence electrons. The summed E-state index contributed by atoms with van der Waals surface area (Å²) in [4.78, 5) is 11.9. The number of carbonyl (C=O) groups excluding carboxylic acids is 1. The second kappa shape index (κ2) is 5.95. The third kappa shape index (κ3) is 3.90. The zero-order valence-corrected chi connectivity index (χ0v) is 10.7. The highest BCUT2D eigenvalue weighted by atomic mass is 19.3. The summed E-state index contributed by atoms with van der Waals surface area (Å²) in [6.45, 7) is 1.64. The van der Waals surface area contributed by atoms with E-state index in [9.17, 15) is 13.6 Å². The largest absolute Gasteiger partial charge is 0.354 e. The molecule has 1 heterocycles. The van der Waals surface area contributed by atoms with E-state index < -0.39 is 5.92 Å². The lowest BCUT2D eigenvalue weighted by atomic mass is 9.86. The molecular weight excluding hydrogens is 238 g/mol. The van der Waals surface area contributed by atoms with E-state index in [4.69, 9.17) is 0 Å². The van der Waals surface area contributed by atoms with Gasteiger partial charge in [0.1, 0.15) is 0 Å². The molecule has 1 saturated heterocycles. The molecular formula is C13H22F2N2O. The molecule has 1 aliphatic carbocycles. The number of rotatable bonds is 3. The maximum Gasteiger partial charge on any atom is 0.248 e. The molecule has 1 amide bonds. The normalized spacial score (nSPS) is 28.9. The van der Waals surface area contributed by atoms with E-state index in [1.54, 1.807) is 0 Å². The molecule has 3 nitrogen and oxygen atoms in total. The zero-order valence-electron chi connectivity index (χ0n) is 10.7. The number of nitrogens with one attached hydrogen (secondary N) is 2. The summed E-state index contributed by atoms with van der Waals surface area (Å²) in [6, 6.07) is 0.354. The van der Waals surface area contributed by atoms with E-state index in [0.717, 1.165) is 13.0 Å². The van der Waals surface area contributed by atoms with Crippen molar-refractivity contribution in [1.29, 1.82) is 0 Å². The average Bonchev–Trinajstić information content (AvgIpc) is 2.37. The lowest BCUT2D eigenvalue weighted by Gasteiger charge is -2.29. The van der Waals surface area contributed by atoms with Gasteiger partial charge in [0, 0.05) is 31.3 Å². The SMILES string of the molecule is O=C(NCC1CCCCN1)C1CCC(F)(F)CC1. The van der Waals surface area contributed by atoms with E-state index in [2.05, 4.69) is 10.6 Å². The van der Waals surface area contributed by atoms with Crippen LogP contribution in [0.25, 0.3) is 0 Å². The summed E-state index contributed by atoms with van der Waals surface area (Å²) in [5, 5.41) is 6.26. The first-order chi connectivity index (χ1) is 8.57. The maximum absolute atomic E-state index is 13.0. The Morgan fingerprint density at radius 3 is 2.56 bits per heavy atom. The predicted octanol–water partition coefficient (Wildman–Crippen LogP) is 2.07. The van der Waals surface area contributed by atoms with E-state index >= 15 is 0 Å². The van der Waals surface area contributed by atoms with E-state index in [1.165, 1.54) is 12.8 Å². The Hall–Kier alpha value is -0.710. The molecule has 1 atom stereocenters. The van der Waals surface area contributed by atoms with Crippen molar-refractivity contribution in [2.75, 3.05) is 13.1 Å². The van der Waals surface area contributed by atoms with Gasteiger partial charge in [-0.05, 0) is 32.2 Å². The summed E-state index contributed by atoms with van der Waals surface area (Å²) < 4.78 is 26.0. The van der Waals surface area contributed by atoms with Crippen molar-refractivity contribution < 1.29 is 13.6 Å². The van der Waals surface area contributed by atoms with Crippen molar-refractivity contribution in [3.8, 4) is 0 Å². The summed E-state index contributed by atoms with van der Waals surface area (Å²) >= 11 is 0. The van der Waals surface area contributed by atoms with Crippen LogP contribution in [0.4, 0.5) is 8.78 Å².